The van der Waals surface area contributed by atoms with Crippen LogP contribution in [0.4, 0.5) is 0 Å². The Hall–Kier alpha value is -0.610. The maximum Gasteiger partial charge on any atom is 0.237 e. The zero-order valence-corrected chi connectivity index (χ0v) is 13.0. The lowest BCUT2D eigenvalue weighted by Crippen LogP contribution is -2.51. The lowest BCUT2D eigenvalue weighted by atomic mass is 9.87. The second-order valence-electron chi connectivity index (χ2n) is 7.32. The number of rotatable bonds is 2. The van der Waals surface area contributed by atoms with Crippen molar-refractivity contribution in [2.24, 2.45) is 5.41 Å². The molecule has 3 saturated heterocycles. The van der Waals surface area contributed by atoms with E-state index < -0.39 is 0 Å². The van der Waals surface area contributed by atoms with Crippen LogP contribution in [0.2, 0.25) is 0 Å². The van der Waals surface area contributed by atoms with Gasteiger partial charge < -0.3 is 10.2 Å². The summed E-state index contributed by atoms with van der Waals surface area (Å²) in [5, 5.41) is 3.48. The average molecular weight is 279 g/mol. The van der Waals surface area contributed by atoms with Crippen LogP contribution in [0.1, 0.15) is 46.0 Å². The van der Waals surface area contributed by atoms with Crippen LogP contribution in [0.5, 0.6) is 0 Å². The minimum Gasteiger partial charge on any atom is -0.336 e. The molecular formula is C16H29N3O. The van der Waals surface area contributed by atoms with Gasteiger partial charge in [-0.15, -0.1) is 0 Å². The highest BCUT2D eigenvalue weighted by Crippen LogP contribution is 2.36. The number of nitrogens with zero attached hydrogens (tertiary/aromatic N) is 2. The molecule has 1 N–H and O–H groups in total. The predicted octanol–water partition coefficient (Wildman–Crippen LogP) is 1.46. The largest absolute Gasteiger partial charge is 0.336 e. The van der Waals surface area contributed by atoms with Gasteiger partial charge in [0.2, 0.25) is 5.91 Å². The molecule has 20 heavy (non-hydrogen) atoms. The van der Waals surface area contributed by atoms with Crippen LogP contribution in [0.25, 0.3) is 0 Å². The summed E-state index contributed by atoms with van der Waals surface area (Å²) in [6, 6.07) is 0.854. The summed E-state index contributed by atoms with van der Waals surface area (Å²) in [6.45, 7) is 9.57. The van der Waals surface area contributed by atoms with Gasteiger partial charge in [-0.1, -0.05) is 0 Å². The van der Waals surface area contributed by atoms with Crippen molar-refractivity contribution < 1.29 is 4.79 Å². The Labute approximate surface area is 122 Å². The number of carbonyl (C=O) groups is 1. The normalized spacial score (nSPS) is 38.8. The summed E-state index contributed by atoms with van der Waals surface area (Å²) < 4.78 is 0. The summed E-state index contributed by atoms with van der Waals surface area (Å²) in [4.78, 5) is 17.2. The first-order valence-electron chi connectivity index (χ1n) is 8.34. The van der Waals surface area contributed by atoms with E-state index in [4.69, 9.17) is 0 Å². The van der Waals surface area contributed by atoms with Gasteiger partial charge in [0, 0.05) is 25.2 Å². The molecule has 0 aliphatic carbocycles. The van der Waals surface area contributed by atoms with E-state index in [1.54, 1.807) is 0 Å². The molecule has 0 radical (unpaired) electrons. The van der Waals surface area contributed by atoms with Gasteiger partial charge in [0.25, 0.3) is 0 Å². The van der Waals surface area contributed by atoms with Crippen molar-refractivity contribution in [3.8, 4) is 0 Å². The van der Waals surface area contributed by atoms with Gasteiger partial charge in [0.1, 0.15) is 0 Å². The maximum absolute atomic E-state index is 12.6. The van der Waals surface area contributed by atoms with Gasteiger partial charge in [-0.25, -0.2) is 0 Å². The summed E-state index contributed by atoms with van der Waals surface area (Å²) >= 11 is 0. The number of amides is 1. The summed E-state index contributed by atoms with van der Waals surface area (Å²) in [5.41, 5.74) is 0.472. The van der Waals surface area contributed by atoms with E-state index in [-0.39, 0.29) is 0 Å². The van der Waals surface area contributed by atoms with Gasteiger partial charge in [-0.2, -0.15) is 0 Å². The van der Waals surface area contributed by atoms with Crippen molar-refractivity contribution in [1.29, 1.82) is 0 Å². The SMILES string of the molecule is CC1CCCC(C)N1C(=O)CN1CCC2(CCNC2)C1. The van der Waals surface area contributed by atoms with Crippen LogP contribution in [0.15, 0.2) is 0 Å². The number of hydrogen-bond acceptors (Lipinski definition) is 3. The molecule has 114 valence electrons. The van der Waals surface area contributed by atoms with E-state index >= 15 is 0 Å². The Morgan fingerprint density at radius 1 is 1.25 bits per heavy atom. The van der Waals surface area contributed by atoms with Gasteiger partial charge in [0.05, 0.1) is 6.54 Å². The zero-order valence-electron chi connectivity index (χ0n) is 13.0. The standard InChI is InChI=1S/C16H29N3O/c1-13-4-3-5-14(2)19(13)15(20)10-18-9-7-16(12-18)6-8-17-11-16/h13-14,17H,3-12H2,1-2H3. The monoisotopic (exact) mass is 279 g/mol. The molecule has 3 aliphatic rings. The first-order chi connectivity index (χ1) is 9.60. The van der Waals surface area contributed by atoms with E-state index in [2.05, 4.69) is 29.0 Å². The fourth-order valence-corrected chi connectivity index (χ4v) is 4.49. The molecule has 0 bridgehead atoms. The molecular weight excluding hydrogens is 250 g/mol. The highest BCUT2D eigenvalue weighted by atomic mass is 16.2. The first kappa shape index (κ1) is 14.3. The molecule has 0 aromatic heterocycles. The van der Waals surface area contributed by atoms with E-state index in [1.165, 1.54) is 32.1 Å². The minimum atomic E-state index is 0.354. The molecule has 4 nitrogen and oxygen atoms in total. The number of piperidine rings is 1. The third-order valence-corrected chi connectivity index (χ3v) is 5.69. The Morgan fingerprint density at radius 3 is 2.65 bits per heavy atom. The Bertz CT molecular complexity index is 355. The van der Waals surface area contributed by atoms with Crippen LogP contribution >= 0.6 is 0 Å². The first-order valence-corrected chi connectivity index (χ1v) is 8.34. The number of carbonyl (C=O) groups excluding carboxylic acids is 1. The van der Waals surface area contributed by atoms with Crippen LogP contribution < -0.4 is 5.32 Å². The Morgan fingerprint density at radius 2 is 2.00 bits per heavy atom. The van der Waals surface area contributed by atoms with Crippen molar-refractivity contribution >= 4 is 5.91 Å². The molecule has 0 aromatic rings. The van der Waals surface area contributed by atoms with Crippen molar-refractivity contribution in [3.63, 3.8) is 0 Å². The van der Waals surface area contributed by atoms with Crippen molar-refractivity contribution in [3.05, 3.63) is 0 Å². The van der Waals surface area contributed by atoms with Gasteiger partial charge >= 0.3 is 0 Å². The minimum absolute atomic E-state index is 0.354. The predicted molar refractivity (Wildman–Crippen MR) is 80.6 cm³/mol. The number of likely N-dealkylation sites (tertiary alicyclic amines) is 2. The lowest BCUT2D eigenvalue weighted by molar-refractivity contribution is -0.138. The molecule has 3 unspecified atom stereocenters. The number of hydrogen-bond donors (Lipinski definition) is 1. The van der Waals surface area contributed by atoms with Gasteiger partial charge in [-0.3, -0.25) is 9.69 Å². The molecule has 3 heterocycles. The average Bonchev–Trinajstić information content (AvgIpc) is 3.00. The smallest absolute Gasteiger partial charge is 0.237 e. The van der Waals surface area contributed by atoms with Crippen molar-refractivity contribution in [1.82, 2.24) is 15.1 Å². The Kier molecular flexibility index (Phi) is 4.04. The molecule has 3 rings (SSSR count). The fraction of sp³-hybridized carbons (Fsp3) is 0.938. The van der Waals surface area contributed by atoms with Crippen LogP contribution in [-0.4, -0.2) is 60.5 Å². The molecule has 0 aromatic carbocycles. The van der Waals surface area contributed by atoms with E-state index in [9.17, 15) is 4.79 Å². The Balaban J connectivity index is 1.56. The van der Waals surface area contributed by atoms with E-state index in [0.717, 1.165) is 26.2 Å². The second kappa shape index (κ2) is 5.64. The van der Waals surface area contributed by atoms with Gasteiger partial charge in [0.15, 0.2) is 0 Å². The maximum atomic E-state index is 12.6. The van der Waals surface area contributed by atoms with Gasteiger partial charge in [-0.05, 0) is 64.5 Å². The third-order valence-electron chi connectivity index (χ3n) is 5.69. The molecule has 1 spiro atoms. The summed E-state index contributed by atoms with van der Waals surface area (Å²) in [6.07, 6.45) is 6.16. The molecule has 3 fully saturated rings. The molecule has 0 saturated carbocycles. The summed E-state index contributed by atoms with van der Waals surface area (Å²) in [5.74, 6) is 0.354. The number of nitrogens with one attached hydrogen (secondary N) is 1. The highest BCUT2D eigenvalue weighted by molar-refractivity contribution is 5.79. The zero-order chi connectivity index (χ0) is 14.2. The van der Waals surface area contributed by atoms with Crippen molar-refractivity contribution in [2.45, 2.75) is 58.0 Å². The topological polar surface area (TPSA) is 35.6 Å². The molecule has 3 aliphatic heterocycles. The third kappa shape index (κ3) is 2.73. The van der Waals surface area contributed by atoms with Crippen molar-refractivity contribution in [2.75, 3.05) is 32.7 Å². The van der Waals surface area contributed by atoms with E-state index in [1.807, 2.05) is 0 Å². The quantitative estimate of drug-likeness (QED) is 0.831. The molecule has 1 amide bonds. The summed E-state index contributed by atoms with van der Waals surface area (Å²) in [7, 11) is 0. The molecule has 4 heteroatoms. The highest BCUT2D eigenvalue weighted by Gasteiger charge is 2.41. The van der Waals surface area contributed by atoms with Crippen LogP contribution in [-0.2, 0) is 4.79 Å². The molecule has 3 atom stereocenters. The van der Waals surface area contributed by atoms with Crippen LogP contribution in [0, 0.1) is 5.41 Å². The van der Waals surface area contributed by atoms with Crippen LogP contribution in [0.3, 0.4) is 0 Å². The van der Waals surface area contributed by atoms with E-state index in [0.29, 0.717) is 30.0 Å². The fourth-order valence-electron chi connectivity index (χ4n) is 4.49. The second-order valence-corrected chi connectivity index (χ2v) is 7.32. The lowest BCUT2D eigenvalue weighted by Gasteiger charge is -2.40.